The van der Waals surface area contributed by atoms with Crippen LogP contribution >= 0.6 is 0 Å². The molecule has 0 aromatic carbocycles. The summed E-state index contributed by atoms with van der Waals surface area (Å²) in [4.78, 5) is 28.0. The number of nitrogens with zero attached hydrogens (tertiary/aromatic N) is 3. The molecule has 1 aliphatic heterocycles. The predicted octanol–water partition coefficient (Wildman–Crippen LogP) is -0.267. The lowest BCUT2D eigenvalue weighted by molar-refractivity contribution is -0.125. The van der Waals surface area contributed by atoms with Crippen molar-refractivity contribution in [3.63, 3.8) is 0 Å². The molecule has 1 aromatic rings. The average molecular weight is 280 g/mol. The van der Waals surface area contributed by atoms with Gasteiger partial charge in [-0.1, -0.05) is 5.16 Å². The Kier molecular flexibility index (Phi) is 4.39. The number of carbonyl (C=O) groups excluding carboxylic acids is 2. The molecule has 1 N–H and O–H groups in total. The van der Waals surface area contributed by atoms with Crippen LogP contribution in [0.3, 0.4) is 0 Å². The summed E-state index contributed by atoms with van der Waals surface area (Å²) in [5, 5.41) is 6.40. The van der Waals surface area contributed by atoms with E-state index in [-0.39, 0.29) is 17.7 Å². The van der Waals surface area contributed by atoms with E-state index in [0.717, 1.165) is 6.54 Å². The Hall–Kier alpha value is -1.89. The van der Waals surface area contributed by atoms with Gasteiger partial charge in [-0.3, -0.25) is 9.59 Å². The number of amides is 2. The van der Waals surface area contributed by atoms with E-state index in [0.29, 0.717) is 31.1 Å². The Morgan fingerprint density at radius 2 is 2.15 bits per heavy atom. The summed E-state index contributed by atoms with van der Waals surface area (Å²) < 4.78 is 4.94. The largest absolute Gasteiger partial charge is 0.361 e. The molecular weight excluding hydrogens is 260 g/mol. The molecule has 0 unspecified atom stereocenters. The van der Waals surface area contributed by atoms with E-state index < -0.39 is 0 Å². The van der Waals surface area contributed by atoms with Gasteiger partial charge in [0.05, 0.1) is 5.92 Å². The molecule has 0 bridgehead atoms. The second kappa shape index (κ2) is 6.04. The second-order valence-corrected chi connectivity index (χ2v) is 5.15. The lowest BCUT2D eigenvalue weighted by Gasteiger charge is -2.22. The van der Waals surface area contributed by atoms with E-state index in [4.69, 9.17) is 4.52 Å². The van der Waals surface area contributed by atoms with Crippen LogP contribution in [0.1, 0.15) is 16.2 Å². The fourth-order valence-corrected chi connectivity index (χ4v) is 2.36. The van der Waals surface area contributed by atoms with Gasteiger partial charge in [0, 0.05) is 39.3 Å². The minimum absolute atomic E-state index is 0.0483. The molecule has 20 heavy (non-hydrogen) atoms. The van der Waals surface area contributed by atoms with Gasteiger partial charge < -0.3 is 19.6 Å². The zero-order chi connectivity index (χ0) is 14.7. The first-order valence-corrected chi connectivity index (χ1v) is 6.64. The summed E-state index contributed by atoms with van der Waals surface area (Å²) in [6.45, 7) is 4.09. The van der Waals surface area contributed by atoms with Crippen molar-refractivity contribution in [3.8, 4) is 0 Å². The van der Waals surface area contributed by atoms with Crippen LogP contribution in [0.2, 0.25) is 0 Å². The number of aryl methyl sites for hydroxylation is 1. The summed E-state index contributed by atoms with van der Waals surface area (Å²) >= 11 is 0. The lowest BCUT2D eigenvalue weighted by atomic mass is 10.1. The molecule has 2 heterocycles. The summed E-state index contributed by atoms with van der Waals surface area (Å²) in [6, 6.07) is 1.62. The quantitative estimate of drug-likeness (QED) is 0.807. The molecule has 0 spiro atoms. The number of rotatable bonds is 2. The van der Waals surface area contributed by atoms with Gasteiger partial charge in [-0.15, -0.1) is 0 Å². The molecule has 2 amide bonds. The van der Waals surface area contributed by atoms with Gasteiger partial charge in [-0.05, 0) is 14.0 Å². The number of nitrogens with one attached hydrogen (secondary N) is 1. The van der Waals surface area contributed by atoms with E-state index in [1.165, 1.54) is 0 Å². The third kappa shape index (κ3) is 3.16. The highest BCUT2D eigenvalue weighted by Crippen LogP contribution is 2.13. The van der Waals surface area contributed by atoms with Crippen molar-refractivity contribution < 1.29 is 14.1 Å². The first-order valence-electron chi connectivity index (χ1n) is 6.64. The number of hydrogen-bond acceptors (Lipinski definition) is 5. The maximum Gasteiger partial charge on any atom is 0.276 e. The summed E-state index contributed by atoms with van der Waals surface area (Å²) in [6.07, 6.45) is 0. The van der Waals surface area contributed by atoms with Crippen LogP contribution in [0.5, 0.6) is 0 Å². The zero-order valence-electron chi connectivity index (χ0n) is 12.0. The maximum absolute atomic E-state index is 12.4. The molecule has 1 aliphatic rings. The van der Waals surface area contributed by atoms with E-state index in [1.807, 2.05) is 7.05 Å². The highest BCUT2D eigenvalue weighted by atomic mass is 16.5. The highest BCUT2D eigenvalue weighted by Gasteiger charge is 2.29. The Balaban J connectivity index is 2.13. The van der Waals surface area contributed by atoms with Crippen molar-refractivity contribution in [2.45, 2.75) is 6.92 Å². The zero-order valence-corrected chi connectivity index (χ0v) is 12.0. The van der Waals surface area contributed by atoms with Crippen molar-refractivity contribution in [2.75, 3.05) is 40.3 Å². The van der Waals surface area contributed by atoms with Gasteiger partial charge in [0.1, 0.15) is 5.76 Å². The molecule has 0 saturated carbocycles. The van der Waals surface area contributed by atoms with Crippen molar-refractivity contribution in [3.05, 3.63) is 17.5 Å². The standard InChI is InChI=1S/C13H20N4O3/c1-9-6-11(15-20-9)13(19)17-5-4-16(3)7-10(8-17)12(18)14-2/h6,10H,4-5,7-8H2,1-3H3,(H,14,18)/t10-/m0/s1. The molecular formula is C13H20N4O3. The first-order chi connectivity index (χ1) is 9.51. The van der Waals surface area contributed by atoms with Gasteiger partial charge >= 0.3 is 0 Å². The molecule has 2 rings (SSSR count). The van der Waals surface area contributed by atoms with Crippen LogP contribution in [-0.2, 0) is 4.79 Å². The molecule has 7 heteroatoms. The van der Waals surface area contributed by atoms with Crippen molar-refractivity contribution >= 4 is 11.8 Å². The number of likely N-dealkylation sites (N-methyl/N-ethyl adjacent to an activating group) is 1. The van der Waals surface area contributed by atoms with Crippen LogP contribution in [0, 0.1) is 12.8 Å². The number of carbonyl (C=O) groups is 2. The van der Waals surface area contributed by atoms with Gasteiger partial charge in [0.2, 0.25) is 5.91 Å². The molecule has 1 fully saturated rings. The normalized spacial score (nSPS) is 20.6. The van der Waals surface area contributed by atoms with Crippen LogP contribution in [0.15, 0.2) is 10.6 Å². The monoisotopic (exact) mass is 280 g/mol. The fourth-order valence-electron chi connectivity index (χ4n) is 2.36. The summed E-state index contributed by atoms with van der Waals surface area (Å²) in [7, 11) is 3.56. The topological polar surface area (TPSA) is 78.7 Å². The Morgan fingerprint density at radius 3 is 2.75 bits per heavy atom. The molecule has 1 aromatic heterocycles. The van der Waals surface area contributed by atoms with E-state index >= 15 is 0 Å². The minimum atomic E-state index is -0.232. The average Bonchev–Trinajstić information content (AvgIpc) is 2.76. The molecule has 0 aliphatic carbocycles. The van der Waals surface area contributed by atoms with Crippen LogP contribution in [0.25, 0.3) is 0 Å². The van der Waals surface area contributed by atoms with E-state index in [9.17, 15) is 9.59 Å². The van der Waals surface area contributed by atoms with Crippen LogP contribution in [0.4, 0.5) is 0 Å². The summed E-state index contributed by atoms with van der Waals surface area (Å²) in [5.74, 6) is 0.131. The molecule has 1 atom stereocenters. The predicted molar refractivity (Wildman–Crippen MR) is 72.2 cm³/mol. The van der Waals surface area contributed by atoms with Crippen molar-refractivity contribution in [1.82, 2.24) is 20.3 Å². The van der Waals surface area contributed by atoms with Crippen LogP contribution < -0.4 is 5.32 Å². The lowest BCUT2D eigenvalue weighted by Crippen LogP contribution is -2.41. The fraction of sp³-hybridized carbons (Fsp3) is 0.615. The van der Waals surface area contributed by atoms with Crippen LogP contribution in [-0.4, -0.2) is 67.0 Å². The van der Waals surface area contributed by atoms with Gasteiger partial charge in [0.25, 0.3) is 5.91 Å². The highest BCUT2D eigenvalue weighted by molar-refractivity contribution is 5.92. The number of hydrogen-bond donors (Lipinski definition) is 1. The minimum Gasteiger partial charge on any atom is -0.361 e. The number of aromatic nitrogens is 1. The first kappa shape index (κ1) is 14.5. The van der Waals surface area contributed by atoms with E-state index in [1.54, 1.807) is 24.9 Å². The van der Waals surface area contributed by atoms with Crippen molar-refractivity contribution in [2.24, 2.45) is 5.92 Å². The SMILES string of the molecule is CNC(=O)[C@H]1CN(C)CCN(C(=O)c2cc(C)on2)C1. The van der Waals surface area contributed by atoms with Gasteiger partial charge in [-0.2, -0.15) is 0 Å². The van der Waals surface area contributed by atoms with E-state index in [2.05, 4.69) is 15.4 Å². The van der Waals surface area contributed by atoms with Gasteiger partial charge in [-0.25, -0.2) is 0 Å². The van der Waals surface area contributed by atoms with Crippen molar-refractivity contribution in [1.29, 1.82) is 0 Å². The Labute approximate surface area is 117 Å². The van der Waals surface area contributed by atoms with Gasteiger partial charge in [0.15, 0.2) is 5.69 Å². The molecule has 110 valence electrons. The molecule has 0 radical (unpaired) electrons. The smallest absolute Gasteiger partial charge is 0.276 e. The maximum atomic E-state index is 12.4. The summed E-state index contributed by atoms with van der Waals surface area (Å²) in [5.41, 5.74) is 0.294. The Morgan fingerprint density at radius 1 is 1.40 bits per heavy atom. The second-order valence-electron chi connectivity index (χ2n) is 5.15. The third-order valence-electron chi connectivity index (χ3n) is 3.48. The molecule has 1 saturated heterocycles. The molecule has 7 nitrogen and oxygen atoms in total. The Bertz CT molecular complexity index is 500. The third-order valence-corrected chi connectivity index (χ3v) is 3.48.